The lowest BCUT2D eigenvalue weighted by Gasteiger charge is -2.09. The Morgan fingerprint density at radius 3 is 2.18 bits per heavy atom. The molecule has 0 N–H and O–H groups in total. The molecule has 0 amide bonds. The minimum atomic E-state index is 1.16. The van der Waals surface area contributed by atoms with E-state index in [9.17, 15) is 0 Å². The number of benzene rings is 3. The van der Waals surface area contributed by atoms with Gasteiger partial charge in [0.2, 0.25) is 0 Å². The third-order valence-electron chi connectivity index (χ3n) is 3.01. The lowest BCUT2D eigenvalue weighted by atomic mass is 10.0. The summed E-state index contributed by atoms with van der Waals surface area (Å²) in [6.45, 7) is 0. The molecule has 0 aliphatic heterocycles. The summed E-state index contributed by atoms with van der Waals surface area (Å²) in [7, 11) is 3.77. The van der Waals surface area contributed by atoms with Crippen LogP contribution in [0, 0.1) is 0 Å². The van der Waals surface area contributed by atoms with Gasteiger partial charge in [0.25, 0.3) is 0 Å². The smallest absolute Gasteiger partial charge is 0.0622 e. The second-order valence-corrected chi connectivity index (χ2v) is 4.58. The predicted octanol–water partition coefficient (Wildman–Crippen LogP) is 3.30. The number of rotatable bonds is 1. The third-order valence-corrected chi connectivity index (χ3v) is 3.55. The molecule has 0 nitrogen and oxygen atoms in total. The van der Waals surface area contributed by atoms with Crippen LogP contribution in [-0.4, -0.2) is 10.2 Å². The van der Waals surface area contributed by atoms with Crippen molar-refractivity contribution >= 4 is 26.2 Å². The van der Waals surface area contributed by atoms with Crippen LogP contribution in [0.3, 0.4) is 0 Å². The Kier molecular flexibility index (Phi) is 2.54. The fourth-order valence-corrected chi connectivity index (χ4v) is 2.59. The van der Waals surface area contributed by atoms with Gasteiger partial charge >= 0.3 is 0 Å². The Hall–Kier alpha value is -1.86. The fraction of sp³-hybridized carbons (Fsp3) is 0. The Morgan fingerprint density at radius 2 is 1.35 bits per heavy atom. The van der Waals surface area contributed by atoms with E-state index >= 15 is 0 Å². The van der Waals surface area contributed by atoms with E-state index in [1.165, 1.54) is 21.9 Å². The van der Waals surface area contributed by atoms with Gasteiger partial charge in [0.15, 0.2) is 0 Å². The zero-order valence-corrected chi connectivity index (χ0v) is 10.4. The normalized spacial score (nSPS) is 10.6. The van der Waals surface area contributed by atoms with Gasteiger partial charge < -0.3 is 0 Å². The van der Waals surface area contributed by atoms with E-state index in [0.29, 0.717) is 0 Å². The topological polar surface area (TPSA) is 0 Å². The average Bonchev–Trinajstić information content (AvgIpc) is 2.40. The van der Waals surface area contributed by atoms with Crippen LogP contribution in [0.15, 0.2) is 66.7 Å². The van der Waals surface area contributed by atoms with Crippen molar-refractivity contribution in [3.8, 4) is 11.1 Å². The van der Waals surface area contributed by atoms with E-state index < -0.39 is 0 Å². The van der Waals surface area contributed by atoms with Crippen molar-refractivity contribution in [3.05, 3.63) is 66.7 Å². The number of hydrogen-bond donors (Lipinski definition) is 0. The van der Waals surface area contributed by atoms with Gasteiger partial charge in [-0.3, -0.25) is 0 Å². The summed E-state index contributed by atoms with van der Waals surface area (Å²) in [6.07, 6.45) is 0. The molecule has 3 aromatic rings. The van der Waals surface area contributed by atoms with Crippen molar-refractivity contribution in [1.82, 2.24) is 0 Å². The van der Waals surface area contributed by atoms with Gasteiger partial charge in [0, 0.05) is 0 Å². The van der Waals surface area contributed by atoms with Crippen LogP contribution < -0.4 is 5.19 Å². The van der Waals surface area contributed by atoms with Crippen molar-refractivity contribution in [2.24, 2.45) is 0 Å². The SMILES string of the molecule is [Si]c1c(-c2ccccc2)ccc2ccccc12. The van der Waals surface area contributed by atoms with Crippen LogP contribution in [0.4, 0.5) is 0 Å². The van der Waals surface area contributed by atoms with E-state index in [1.807, 2.05) is 6.07 Å². The lowest BCUT2D eigenvalue weighted by molar-refractivity contribution is 1.66. The molecule has 0 fully saturated rings. The Balaban J connectivity index is 2.29. The van der Waals surface area contributed by atoms with Gasteiger partial charge in [-0.1, -0.05) is 71.9 Å². The first kappa shape index (κ1) is 10.3. The standard InChI is InChI=1S/C16H11Si/c17-16-14-9-5-4-8-13(14)10-11-15(16)12-6-2-1-3-7-12/h1-11H. The predicted molar refractivity (Wildman–Crippen MR) is 74.8 cm³/mol. The fourth-order valence-electron chi connectivity index (χ4n) is 2.13. The molecule has 3 rings (SSSR count). The Labute approximate surface area is 104 Å². The molecule has 1 heteroatoms. The molecule has 0 saturated carbocycles. The van der Waals surface area contributed by atoms with E-state index in [0.717, 1.165) is 5.19 Å². The zero-order valence-electron chi connectivity index (χ0n) is 9.35. The first-order chi connectivity index (χ1) is 8.36. The second kappa shape index (κ2) is 4.19. The highest BCUT2D eigenvalue weighted by atomic mass is 28.1. The van der Waals surface area contributed by atoms with E-state index in [2.05, 4.69) is 70.9 Å². The van der Waals surface area contributed by atoms with Crippen LogP contribution in [0.25, 0.3) is 21.9 Å². The van der Waals surface area contributed by atoms with Crippen LogP contribution in [0.1, 0.15) is 0 Å². The minimum Gasteiger partial charge on any atom is -0.0622 e. The van der Waals surface area contributed by atoms with Gasteiger partial charge in [0.1, 0.15) is 0 Å². The molecule has 0 atom stereocenters. The molecule has 3 aromatic carbocycles. The van der Waals surface area contributed by atoms with Gasteiger partial charge in [0.05, 0.1) is 10.2 Å². The highest BCUT2D eigenvalue weighted by Gasteiger charge is 2.04. The van der Waals surface area contributed by atoms with Gasteiger partial charge in [-0.25, -0.2) is 0 Å². The summed E-state index contributed by atoms with van der Waals surface area (Å²) < 4.78 is 0. The minimum absolute atomic E-state index is 1.16. The summed E-state index contributed by atoms with van der Waals surface area (Å²) in [5.74, 6) is 0. The highest BCUT2D eigenvalue weighted by molar-refractivity contribution is 6.42. The van der Waals surface area contributed by atoms with E-state index in [1.54, 1.807) is 0 Å². The second-order valence-electron chi connectivity index (χ2n) is 4.08. The highest BCUT2D eigenvalue weighted by Crippen LogP contribution is 2.21. The van der Waals surface area contributed by atoms with Crippen LogP contribution in [0.2, 0.25) is 0 Å². The maximum absolute atomic E-state index is 3.77. The third kappa shape index (κ3) is 1.79. The zero-order chi connectivity index (χ0) is 11.7. The molecule has 17 heavy (non-hydrogen) atoms. The van der Waals surface area contributed by atoms with Crippen molar-refractivity contribution in [2.45, 2.75) is 0 Å². The molecule has 0 saturated heterocycles. The van der Waals surface area contributed by atoms with Crippen LogP contribution in [0.5, 0.6) is 0 Å². The summed E-state index contributed by atoms with van der Waals surface area (Å²) in [5.41, 5.74) is 2.48. The van der Waals surface area contributed by atoms with Gasteiger partial charge in [-0.05, 0) is 21.9 Å². The summed E-state index contributed by atoms with van der Waals surface area (Å²) in [5, 5.41) is 3.68. The first-order valence-corrected chi connectivity index (χ1v) is 6.15. The maximum Gasteiger partial charge on any atom is 0.0729 e. The number of hydrogen-bond acceptors (Lipinski definition) is 0. The lowest BCUT2D eigenvalue weighted by Crippen LogP contribution is -2.08. The molecule has 79 valence electrons. The molecule has 0 aliphatic carbocycles. The molecule has 3 radical (unpaired) electrons. The summed E-state index contributed by atoms with van der Waals surface area (Å²) in [4.78, 5) is 0. The monoisotopic (exact) mass is 231 g/mol. The molecule has 0 bridgehead atoms. The van der Waals surface area contributed by atoms with Crippen LogP contribution in [-0.2, 0) is 0 Å². The Bertz CT molecular complexity index is 657. The molecular formula is C16H11Si. The largest absolute Gasteiger partial charge is 0.0729 e. The molecule has 0 aromatic heterocycles. The van der Waals surface area contributed by atoms with Crippen molar-refractivity contribution in [1.29, 1.82) is 0 Å². The Morgan fingerprint density at radius 1 is 0.647 bits per heavy atom. The van der Waals surface area contributed by atoms with Crippen molar-refractivity contribution in [3.63, 3.8) is 0 Å². The van der Waals surface area contributed by atoms with Crippen molar-refractivity contribution in [2.75, 3.05) is 0 Å². The molecule has 0 heterocycles. The van der Waals surface area contributed by atoms with Crippen LogP contribution >= 0.6 is 0 Å². The first-order valence-electron chi connectivity index (χ1n) is 5.65. The number of fused-ring (bicyclic) bond motifs is 1. The summed E-state index contributed by atoms with van der Waals surface area (Å²) in [6, 6.07) is 23.2. The summed E-state index contributed by atoms with van der Waals surface area (Å²) >= 11 is 0. The van der Waals surface area contributed by atoms with E-state index in [-0.39, 0.29) is 0 Å². The molecule has 0 unspecified atom stereocenters. The average molecular weight is 231 g/mol. The maximum atomic E-state index is 3.77. The van der Waals surface area contributed by atoms with Crippen molar-refractivity contribution < 1.29 is 0 Å². The molecule has 0 spiro atoms. The van der Waals surface area contributed by atoms with E-state index in [4.69, 9.17) is 0 Å². The van der Waals surface area contributed by atoms with Gasteiger partial charge in [-0.15, -0.1) is 0 Å². The quantitative estimate of drug-likeness (QED) is 0.564. The molecular weight excluding hydrogens is 220 g/mol. The molecule has 0 aliphatic rings. The van der Waals surface area contributed by atoms with Gasteiger partial charge in [-0.2, -0.15) is 0 Å².